The fourth-order valence-electron chi connectivity index (χ4n) is 4.67. The number of piperidine rings is 1. The van der Waals surface area contributed by atoms with Crippen LogP contribution in [-0.4, -0.2) is 68.8 Å². The molecule has 30 heavy (non-hydrogen) atoms. The average molecular weight is 436 g/mol. The van der Waals surface area contributed by atoms with Gasteiger partial charge < -0.3 is 9.64 Å². The minimum atomic E-state index is -3.70. The highest BCUT2D eigenvalue weighted by Gasteiger charge is 2.35. The number of hydrogen-bond acceptors (Lipinski definition) is 5. The standard InChI is InChI=1S/C21H29N3O5S/c1-15-9-16(2)12-23(11-15)30(27,28)17-5-6-19-18(10-17)24(21(26)14-29-19)13-20(25)22-7-3-4-8-22/h5-6,10,15-16H,3-4,7-9,11-14H2,1-2H3/t15-,16-/m0/s1. The molecule has 1 aromatic carbocycles. The van der Waals surface area contributed by atoms with Crippen LogP contribution >= 0.6 is 0 Å². The smallest absolute Gasteiger partial charge is 0.265 e. The molecule has 2 amide bonds. The van der Waals surface area contributed by atoms with Crippen molar-refractivity contribution in [3.05, 3.63) is 18.2 Å². The fourth-order valence-corrected chi connectivity index (χ4v) is 6.37. The first kappa shape index (κ1) is 21.1. The number of anilines is 1. The lowest BCUT2D eigenvalue weighted by Gasteiger charge is -2.34. The number of carbonyl (C=O) groups excluding carboxylic acids is 2. The maximum absolute atomic E-state index is 13.3. The molecule has 0 spiro atoms. The van der Waals surface area contributed by atoms with E-state index in [0.717, 1.165) is 19.3 Å². The van der Waals surface area contributed by atoms with Crippen molar-refractivity contribution in [2.75, 3.05) is 44.2 Å². The van der Waals surface area contributed by atoms with Crippen LogP contribution in [-0.2, 0) is 19.6 Å². The van der Waals surface area contributed by atoms with Crippen LogP contribution < -0.4 is 9.64 Å². The zero-order chi connectivity index (χ0) is 21.5. The summed E-state index contributed by atoms with van der Waals surface area (Å²) in [5.74, 6) is 0.537. The van der Waals surface area contributed by atoms with Gasteiger partial charge in [0.25, 0.3) is 5.91 Å². The van der Waals surface area contributed by atoms with Crippen molar-refractivity contribution in [2.24, 2.45) is 11.8 Å². The summed E-state index contributed by atoms with van der Waals surface area (Å²) in [4.78, 5) is 28.4. The van der Waals surface area contributed by atoms with Gasteiger partial charge in [0.15, 0.2) is 6.61 Å². The molecule has 2 fully saturated rings. The van der Waals surface area contributed by atoms with Crippen molar-refractivity contribution in [3.8, 4) is 5.75 Å². The van der Waals surface area contributed by atoms with Crippen molar-refractivity contribution >= 4 is 27.5 Å². The van der Waals surface area contributed by atoms with Gasteiger partial charge in [-0.2, -0.15) is 4.31 Å². The summed E-state index contributed by atoms with van der Waals surface area (Å²) in [6.45, 7) is 6.22. The Morgan fingerprint density at radius 3 is 2.47 bits per heavy atom. The molecule has 3 aliphatic heterocycles. The second kappa shape index (κ2) is 8.19. The van der Waals surface area contributed by atoms with E-state index in [1.165, 1.54) is 21.3 Å². The number of amides is 2. The lowest BCUT2D eigenvalue weighted by atomic mass is 9.94. The average Bonchev–Trinajstić information content (AvgIpc) is 3.24. The summed E-state index contributed by atoms with van der Waals surface area (Å²) in [7, 11) is -3.70. The number of sulfonamides is 1. The number of fused-ring (bicyclic) bond motifs is 1. The van der Waals surface area contributed by atoms with Crippen LogP contribution in [0.1, 0.15) is 33.1 Å². The van der Waals surface area contributed by atoms with Crippen molar-refractivity contribution in [1.82, 2.24) is 9.21 Å². The van der Waals surface area contributed by atoms with Gasteiger partial charge in [-0.1, -0.05) is 13.8 Å². The third-order valence-electron chi connectivity index (χ3n) is 6.10. The van der Waals surface area contributed by atoms with Gasteiger partial charge in [0.2, 0.25) is 15.9 Å². The molecule has 0 bridgehead atoms. The number of hydrogen-bond donors (Lipinski definition) is 0. The molecule has 8 nitrogen and oxygen atoms in total. The number of rotatable bonds is 4. The first-order valence-electron chi connectivity index (χ1n) is 10.6. The van der Waals surface area contributed by atoms with Gasteiger partial charge in [-0.25, -0.2) is 8.42 Å². The van der Waals surface area contributed by atoms with Gasteiger partial charge in [-0.05, 0) is 49.3 Å². The highest BCUT2D eigenvalue weighted by Crippen LogP contribution is 2.36. The molecule has 3 heterocycles. The van der Waals surface area contributed by atoms with E-state index in [4.69, 9.17) is 4.74 Å². The number of nitrogens with zero attached hydrogens (tertiary/aromatic N) is 3. The van der Waals surface area contributed by atoms with E-state index in [2.05, 4.69) is 13.8 Å². The molecule has 164 valence electrons. The molecule has 0 aromatic heterocycles. The quantitative estimate of drug-likeness (QED) is 0.718. The Kier molecular flexibility index (Phi) is 5.76. The van der Waals surface area contributed by atoms with Gasteiger partial charge in [0, 0.05) is 26.2 Å². The molecule has 0 unspecified atom stereocenters. The Hall–Kier alpha value is -2.13. The lowest BCUT2D eigenvalue weighted by Crippen LogP contribution is -2.46. The van der Waals surface area contributed by atoms with E-state index in [-0.39, 0.29) is 29.9 Å². The Morgan fingerprint density at radius 1 is 1.13 bits per heavy atom. The highest BCUT2D eigenvalue weighted by molar-refractivity contribution is 7.89. The molecular formula is C21H29N3O5S. The Morgan fingerprint density at radius 2 is 1.80 bits per heavy atom. The van der Waals surface area contributed by atoms with E-state index < -0.39 is 10.0 Å². The molecule has 0 saturated carbocycles. The zero-order valence-corrected chi connectivity index (χ0v) is 18.4. The van der Waals surface area contributed by atoms with Crippen LogP contribution in [0.3, 0.4) is 0 Å². The maximum atomic E-state index is 13.3. The van der Waals surface area contributed by atoms with Gasteiger partial charge >= 0.3 is 0 Å². The molecule has 9 heteroatoms. The molecule has 0 N–H and O–H groups in total. The van der Waals surface area contributed by atoms with Gasteiger partial charge in [-0.3, -0.25) is 14.5 Å². The van der Waals surface area contributed by atoms with E-state index in [1.807, 2.05) is 0 Å². The van der Waals surface area contributed by atoms with Crippen molar-refractivity contribution in [1.29, 1.82) is 0 Å². The summed E-state index contributed by atoms with van der Waals surface area (Å²) in [6.07, 6.45) is 2.94. The van der Waals surface area contributed by atoms with Crippen molar-refractivity contribution in [2.45, 2.75) is 38.0 Å². The minimum Gasteiger partial charge on any atom is -0.482 e. The summed E-state index contributed by atoms with van der Waals surface area (Å²) >= 11 is 0. The molecular weight excluding hydrogens is 406 g/mol. The number of benzene rings is 1. The SMILES string of the molecule is C[C@H]1C[C@H](C)CN(S(=O)(=O)c2ccc3c(c2)N(CC(=O)N2CCCC2)C(=O)CO3)C1. The molecule has 2 saturated heterocycles. The van der Waals surface area contributed by atoms with Crippen LogP contribution in [0.4, 0.5) is 5.69 Å². The summed E-state index contributed by atoms with van der Waals surface area (Å²) < 4.78 is 33.6. The summed E-state index contributed by atoms with van der Waals surface area (Å²) in [5.41, 5.74) is 0.345. The Balaban J connectivity index is 1.63. The fraction of sp³-hybridized carbons (Fsp3) is 0.619. The molecule has 0 aliphatic carbocycles. The third-order valence-corrected chi connectivity index (χ3v) is 7.93. The first-order chi connectivity index (χ1) is 14.3. The monoisotopic (exact) mass is 435 g/mol. The molecule has 1 aromatic rings. The second-order valence-electron chi connectivity index (χ2n) is 8.75. The van der Waals surface area contributed by atoms with E-state index in [0.29, 0.717) is 49.5 Å². The van der Waals surface area contributed by atoms with Crippen LogP contribution in [0.2, 0.25) is 0 Å². The van der Waals surface area contributed by atoms with Crippen molar-refractivity contribution < 1.29 is 22.7 Å². The number of ether oxygens (including phenoxy) is 1. The number of carbonyl (C=O) groups is 2. The topological polar surface area (TPSA) is 87.2 Å². The Labute approximate surface area is 177 Å². The zero-order valence-electron chi connectivity index (χ0n) is 17.5. The van der Waals surface area contributed by atoms with Gasteiger partial charge in [0.05, 0.1) is 10.6 Å². The third kappa shape index (κ3) is 4.05. The van der Waals surface area contributed by atoms with Gasteiger partial charge in [0.1, 0.15) is 12.3 Å². The van der Waals surface area contributed by atoms with E-state index in [1.54, 1.807) is 11.0 Å². The minimum absolute atomic E-state index is 0.101. The normalized spacial score (nSPS) is 25.2. The van der Waals surface area contributed by atoms with Crippen LogP contribution in [0.25, 0.3) is 0 Å². The summed E-state index contributed by atoms with van der Waals surface area (Å²) in [5, 5.41) is 0. The molecule has 0 radical (unpaired) electrons. The largest absolute Gasteiger partial charge is 0.482 e. The molecule has 2 atom stereocenters. The predicted octanol–water partition coefficient (Wildman–Crippen LogP) is 1.70. The number of likely N-dealkylation sites (tertiary alicyclic amines) is 1. The lowest BCUT2D eigenvalue weighted by molar-refractivity contribution is -0.131. The van der Waals surface area contributed by atoms with Crippen LogP contribution in [0.5, 0.6) is 5.75 Å². The summed E-state index contributed by atoms with van der Waals surface area (Å²) in [6, 6.07) is 4.58. The Bertz CT molecular complexity index is 932. The second-order valence-corrected chi connectivity index (χ2v) is 10.7. The highest BCUT2D eigenvalue weighted by atomic mass is 32.2. The van der Waals surface area contributed by atoms with Crippen molar-refractivity contribution in [3.63, 3.8) is 0 Å². The first-order valence-corrected chi connectivity index (χ1v) is 12.0. The van der Waals surface area contributed by atoms with E-state index in [9.17, 15) is 18.0 Å². The van der Waals surface area contributed by atoms with Crippen LogP contribution in [0.15, 0.2) is 23.1 Å². The molecule has 4 rings (SSSR count). The van der Waals surface area contributed by atoms with Crippen LogP contribution in [0, 0.1) is 11.8 Å². The maximum Gasteiger partial charge on any atom is 0.265 e. The predicted molar refractivity (Wildman–Crippen MR) is 112 cm³/mol. The van der Waals surface area contributed by atoms with Gasteiger partial charge in [-0.15, -0.1) is 0 Å². The molecule has 3 aliphatic rings. The van der Waals surface area contributed by atoms with E-state index >= 15 is 0 Å².